The van der Waals surface area contributed by atoms with Crippen LogP contribution in [0.25, 0.3) is 11.2 Å². The fourth-order valence-corrected chi connectivity index (χ4v) is 3.32. The SMILES string of the molecule is COc1ccc(Cn2c(=O)c3nccnc3n(Cc3ccccc3Cl)c2=O)cc1. The summed E-state index contributed by atoms with van der Waals surface area (Å²) in [5.41, 5.74) is 0.944. The van der Waals surface area contributed by atoms with E-state index >= 15 is 0 Å². The van der Waals surface area contributed by atoms with Crippen molar-refractivity contribution < 1.29 is 4.74 Å². The van der Waals surface area contributed by atoms with E-state index in [0.29, 0.717) is 10.8 Å². The van der Waals surface area contributed by atoms with Crippen LogP contribution in [0.1, 0.15) is 11.1 Å². The monoisotopic (exact) mass is 408 g/mol. The van der Waals surface area contributed by atoms with Crippen LogP contribution >= 0.6 is 11.6 Å². The van der Waals surface area contributed by atoms with Crippen LogP contribution in [0, 0.1) is 0 Å². The van der Waals surface area contributed by atoms with Gasteiger partial charge in [0.05, 0.1) is 20.2 Å². The zero-order valence-corrected chi connectivity index (χ0v) is 16.3. The molecule has 0 saturated carbocycles. The highest BCUT2D eigenvalue weighted by Gasteiger charge is 2.16. The molecule has 4 rings (SSSR count). The smallest absolute Gasteiger partial charge is 0.333 e. The predicted molar refractivity (Wildman–Crippen MR) is 111 cm³/mol. The molecular weight excluding hydrogens is 392 g/mol. The highest BCUT2D eigenvalue weighted by molar-refractivity contribution is 6.31. The van der Waals surface area contributed by atoms with Gasteiger partial charge >= 0.3 is 5.69 Å². The lowest BCUT2D eigenvalue weighted by atomic mass is 10.2. The quantitative estimate of drug-likeness (QED) is 0.507. The lowest BCUT2D eigenvalue weighted by Gasteiger charge is -2.14. The number of aromatic nitrogens is 4. The van der Waals surface area contributed by atoms with E-state index in [9.17, 15) is 9.59 Å². The molecule has 0 atom stereocenters. The van der Waals surface area contributed by atoms with Crippen molar-refractivity contribution in [3.8, 4) is 5.75 Å². The summed E-state index contributed by atoms with van der Waals surface area (Å²) >= 11 is 6.28. The number of methoxy groups -OCH3 is 1. The van der Waals surface area contributed by atoms with E-state index < -0.39 is 11.2 Å². The van der Waals surface area contributed by atoms with Crippen LogP contribution in [-0.4, -0.2) is 26.2 Å². The Labute approximate surface area is 170 Å². The Bertz CT molecular complexity index is 1300. The summed E-state index contributed by atoms with van der Waals surface area (Å²) in [6, 6.07) is 14.4. The fraction of sp³-hybridized carbons (Fsp3) is 0.143. The van der Waals surface area contributed by atoms with Crippen LogP contribution in [0.4, 0.5) is 0 Å². The number of benzene rings is 2. The summed E-state index contributed by atoms with van der Waals surface area (Å²) in [7, 11) is 1.58. The number of fused-ring (bicyclic) bond motifs is 1. The lowest BCUT2D eigenvalue weighted by molar-refractivity contribution is 0.414. The van der Waals surface area contributed by atoms with Crippen LogP contribution in [0.2, 0.25) is 5.02 Å². The fourth-order valence-electron chi connectivity index (χ4n) is 3.12. The van der Waals surface area contributed by atoms with E-state index in [2.05, 4.69) is 9.97 Å². The zero-order valence-electron chi connectivity index (χ0n) is 15.6. The summed E-state index contributed by atoms with van der Waals surface area (Å²) in [6.45, 7) is 0.285. The van der Waals surface area contributed by atoms with Gasteiger partial charge < -0.3 is 4.74 Å². The number of ether oxygens (including phenoxy) is 1. The van der Waals surface area contributed by atoms with E-state index in [1.807, 2.05) is 30.3 Å². The van der Waals surface area contributed by atoms with Gasteiger partial charge in [-0.3, -0.25) is 13.9 Å². The van der Waals surface area contributed by atoms with Crippen LogP contribution in [0.3, 0.4) is 0 Å². The average molecular weight is 409 g/mol. The summed E-state index contributed by atoms with van der Waals surface area (Å²) in [5, 5.41) is 0.532. The van der Waals surface area contributed by atoms with Crippen molar-refractivity contribution in [2.45, 2.75) is 13.1 Å². The Balaban J connectivity index is 1.87. The molecule has 0 spiro atoms. The molecule has 0 N–H and O–H groups in total. The molecule has 146 valence electrons. The summed E-state index contributed by atoms with van der Waals surface area (Å²) in [4.78, 5) is 34.6. The molecule has 8 heteroatoms. The van der Waals surface area contributed by atoms with Gasteiger partial charge in [-0.25, -0.2) is 14.8 Å². The molecular formula is C21H17ClN4O3. The Morgan fingerprint density at radius 2 is 1.66 bits per heavy atom. The molecule has 0 unspecified atom stereocenters. The molecule has 7 nitrogen and oxygen atoms in total. The molecule has 0 amide bonds. The highest BCUT2D eigenvalue weighted by Crippen LogP contribution is 2.17. The van der Waals surface area contributed by atoms with Crippen molar-refractivity contribution >= 4 is 22.8 Å². The average Bonchev–Trinajstić information content (AvgIpc) is 2.76. The minimum atomic E-state index is -0.482. The standard InChI is InChI=1S/C21H17ClN4O3/c1-29-16-8-6-14(7-9-16)12-26-20(27)18-19(24-11-10-23-18)25(21(26)28)13-15-4-2-3-5-17(15)22/h2-11H,12-13H2,1H3. The maximum absolute atomic E-state index is 13.2. The first-order valence-corrected chi connectivity index (χ1v) is 9.27. The Morgan fingerprint density at radius 1 is 0.931 bits per heavy atom. The predicted octanol–water partition coefficient (Wildman–Crippen LogP) is 2.71. The highest BCUT2D eigenvalue weighted by atomic mass is 35.5. The minimum Gasteiger partial charge on any atom is -0.497 e. The van der Waals surface area contributed by atoms with Crippen LogP contribution in [0.5, 0.6) is 5.75 Å². The van der Waals surface area contributed by atoms with Gasteiger partial charge in [0.15, 0.2) is 11.2 Å². The molecule has 0 aliphatic carbocycles. The molecule has 0 aliphatic heterocycles. The van der Waals surface area contributed by atoms with Crippen LogP contribution in [0.15, 0.2) is 70.5 Å². The van der Waals surface area contributed by atoms with Crippen molar-refractivity contribution in [2.24, 2.45) is 0 Å². The Hall–Kier alpha value is -3.45. The maximum Gasteiger partial charge on any atom is 0.333 e. The maximum atomic E-state index is 13.2. The summed E-state index contributed by atoms with van der Waals surface area (Å²) < 4.78 is 7.74. The van der Waals surface area contributed by atoms with Crippen LogP contribution in [-0.2, 0) is 13.1 Å². The van der Waals surface area contributed by atoms with E-state index in [4.69, 9.17) is 16.3 Å². The molecule has 0 aliphatic rings. The third-order valence-corrected chi connectivity index (χ3v) is 5.00. The van der Waals surface area contributed by atoms with Gasteiger partial charge in [0.25, 0.3) is 5.56 Å². The lowest BCUT2D eigenvalue weighted by Crippen LogP contribution is -2.41. The van der Waals surface area contributed by atoms with Gasteiger partial charge in [0, 0.05) is 17.4 Å². The first-order valence-electron chi connectivity index (χ1n) is 8.89. The van der Waals surface area contributed by atoms with Gasteiger partial charge in [-0.05, 0) is 29.3 Å². The zero-order chi connectivity index (χ0) is 20.4. The Kier molecular flexibility index (Phi) is 5.14. The molecule has 0 radical (unpaired) electrons. The molecule has 0 bridgehead atoms. The normalized spacial score (nSPS) is 11.0. The van der Waals surface area contributed by atoms with Crippen molar-refractivity contribution in [3.05, 3.63) is 97.9 Å². The molecule has 0 saturated heterocycles. The largest absolute Gasteiger partial charge is 0.497 e. The molecule has 0 fully saturated rings. The molecule has 2 heterocycles. The molecule has 4 aromatic rings. The third-order valence-electron chi connectivity index (χ3n) is 4.63. The van der Waals surface area contributed by atoms with Gasteiger partial charge in [0.1, 0.15) is 5.75 Å². The van der Waals surface area contributed by atoms with Gasteiger partial charge in [-0.1, -0.05) is 41.9 Å². The van der Waals surface area contributed by atoms with E-state index in [1.165, 1.54) is 17.0 Å². The van der Waals surface area contributed by atoms with Gasteiger partial charge in [0.2, 0.25) is 0 Å². The van der Waals surface area contributed by atoms with Crippen molar-refractivity contribution in [3.63, 3.8) is 0 Å². The second-order valence-electron chi connectivity index (χ2n) is 6.43. The van der Waals surface area contributed by atoms with Crippen LogP contribution < -0.4 is 16.0 Å². The number of hydrogen-bond acceptors (Lipinski definition) is 5. The molecule has 2 aromatic carbocycles. The van der Waals surface area contributed by atoms with E-state index in [1.54, 1.807) is 25.3 Å². The minimum absolute atomic E-state index is 0.108. The van der Waals surface area contributed by atoms with Crippen molar-refractivity contribution in [1.82, 2.24) is 19.1 Å². The first kappa shape index (κ1) is 18.9. The summed E-state index contributed by atoms with van der Waals surface area (Å²) in [6.07, 6.45) is 2.89. The first-order chi connectivity index (χ1) is 14.1. The Morgan fingerprint density at radius 3 is 2.38 bits per heavy atom. The van der Waals surface area contributed by atoms with Crippen molar-refractivity contribution in [2.75, 3.05) is 7.11 Å². The second-order valence-corrected chi connectivity index (χ2v) is 6.84. The topological polar surface area (TPSA) is 79.0 Å². The summed E-state index contributed by atoms with van der Waals surface area (Å²) in [5.74, 6) is 0.696. The van der Waals surface area contributed by atoms with E-state index in [0.717, 1.165) is 15.7 Å². The number of rotatable bonds is 5. The molecule has 2 aromatic heterocycles. The van der Waals surface area contributed by atoms with Gasteiger partial charge in [-0.15, -0.1) is 0 Å². The number of halogens is 1. The van der Waals surface area contributed by atoms with Gasteiger partial charge in [-0.2, -0.15) is 0 Å². The van der Waals surface area contributed by atoms with Crippen molar-refractivity contribution in [1.29, 1.82) is 0 Å². The number of hydrogen-bond donors (Lipinski definition) is 0. The number of nitrogens with zero attached hydrogens (tertiary/aromatic N) is 4. The van der Waals surface area contributed by atoms with E-state index in [-0.39, 0.29) is 24.3 Å². The second kappa shape index (κ2) is 7.89. The molecule has 29 heavy (non-hydrogen) atoms. The third kappa shape index (κ3) is 3.64.